The summed E-state index contributed by atoms with van der Waals surface area (Å²) in [6, 6.07) is 2.10. The number of aliphatic hydroxyl groups excluding tert-OH is 1. The molecular formula is C10H13N3O. The zero-order chi connectivity index (χ0) is 9.97. The van der Waals surface area contributed by atoms with Gasteiger partial charge < -0.3 is 5.11 Å². The van der Waals surface area contributed by atoms with Crippen LogP contribution in [-0.4, -0.2) is 21.0 Å². The van der Waals surface area contributed by atoms with E-state index >= 15 is 0 Å². The molecule has 2 atom stereocenters. The molecule has 14 heavy (non-hydrogen) atoms. The lowest BCUT2D eigenvalue weighted by Crippen LogP contribution is -2.27. The average molecular weight is 191 g/mol. The van der Waals surface area contributed by atoms with Crippen molar-refractivity contribution in [1.82, 2.24) is 9.78 Å². The second-order valence-corrected chi connectivity index (χ2v) is 3.74. The predicted molar refractivity (Wildman–Crippen MR) is 50.5 cm³/mol. The van der Waals surface area contributed by atoms with E-state index in [1.54, 1.807) is 17.1 Å². The van der Waals surface area contributed by atoms with Crippen molar-refractivity contribution in [3.8, 4) is 6.07 Å². The van der Waals surface area contributed by atoms with Crippen molar-refractivity contribution >= 4 is 0 Å². The van der Waals surface area contributed by atoms with E-state index in [9.17, 15) is 5.11 Å². The molecule has 1 aliphatic rings. The lowest BCUT2D eigenvalue weighted by atomic mass is 9.93. The second-order valence-electron chi connectivity index (χ2n) is 3.74. The van der Waals surface area contributed by atoms with Crippen molar-refractivity contribution in [2.24, 2.45) is 0 Å². The van der Waals surface area contributed by atoms with Crippen LogP contribution in [0.25, 0.3) is 0 Å². The highest BCUT2D eigenvalue weighted by atomic mass is 16.3. The van der Waals surface area contributed by atoms with E-state index in [2.05, 4.69) is 5.10 Å². The molecule has 0 spiro atoms. The van der Waals surface area contributed by atoms with Crippen LogP contribution in [0.4, 0.5) is 0 Å². The van der Waals surface area contributed by atoms with Crippen molar-refractivity contribution in [1.29, 1.82) is 5.26 Å². The summed E-state index contributed by atoms with van der Waals surface area (Å²) in [5, 5.41) is 22.5. The highest BCUT2D eigenvalue weighted by Gasteiger charge is 2.24. The summed E-state index contributed by atoms with van der Waals surface area (Å²) in [7, 11) is 0. The van der Waals surface area contributed by atoms with Gasteiger partial charge in [-0.2, -0.15) is 10.4 Å². The fourth-order valence-corrected chi connectivity index (χ4v) is 1.98. The molecule has 0 radical (unpaired) electrons. The summed E-state index contributed by atoms with van der Waals surface area (Å²) in [6.45, 7) is 0. The Balaban J connectivity index is 2.17. The molecule has 1 N–H and O–H groups in total. The van der Waals surface area contributed by atoms with Crippen LogP contribution in [0.2, 0.25) is 0 Å². The summed E-state index contributed by atoms with van der Waals surface area (Å²) in [4.78, 5) is 0. The monoisotopic (exact) mass is 191 g/mol. The molecular weight excluding hydrogens is 178 g/mol. The first kappa shape index (κ1) is 9.22. The SMILES string of the molecule is N#Cc1cnn(C2CCCCC2O)c1. The number of nitrogens with zero attached hydrogens (tertiary/aromatic N) is 3. The van der Waals surface area contributed by atoms with Gasteiger partial charge in [-0.1, -0.05) is 12.8 Å². The third kappa shape index (κ3) is 1.64. The minimum Gasteiger partial charge on any atom is -0.391 e. The Hall–Kier alpha value is -1.34. The topological polar surface area (TPSA) is 61.8 Å². The van der Waals surface area contributed by atoms with Crippen molar-refractivity contribution in [3.63, 3.8) is 0 Å². The molecule has 0 bridgehead atoms. The third-order valence-electron chi connectivity index (χ3n) is 2.76. The molecule has 0 aromatic carbocycles. The largest absolute Gasteiger partial charge is 0.391 e. The molecule has 1 aliphatic carbocycles. The predicted octanol–water partition coefficient (Wildman–Crippen LogP) is 1.23. The van der Waals surface area contributed by atoms with Gasteiger partial charge in [0.25, 0.3) is 0 Å². The first-order chi connectivity index (χ1) is 6.81. The molecule has 2 rings (SSSR count). The van der Waals surface area contributed by atoms with Gasteiger partial charge in [0.2, 0.25) is 0 Å². The normalized spacial score (nSPS) is 27.1. The summed E-state index contributed by atoms with van der Waals surface area (Å²) in [6.07, 6.45) is 6.95. The van der Waals surface area contributed by atoms with E-state index in [0.717, 1.165) is 25.7 Å². The first-order valence-corrected chi connectivity index (χ1v) is 4.93. The van der Waals surface area contributed by atoms with Gasteiger partial charge in [-0.05, 0) is 12.8 Å². The van der Waals surface area contributed by atoms with E-state index in [0.29, 0.717) is 5.56 Å². The minimum absolute atomic E-state index is 0.0610. The fraction of sp³-hybridized carbons (Fsp3) is 0.600. The van der Waals surface area contributed by atoms with E-state index in [4.69, 9.17) is 5.26 Å². The molecule has 1 aromatic heterocycles. The first-order valence-electron chi connectivity index (χ1n) is 4.93. The Morgan fingerprint density at radius 3 is 2.93 bits per heavy atom. The zero-order valence-corrected chi connectivity index (χ0v) is 7.93. The van der Waals surface area contributed by atoms with Crippen molar-refractivity contribution in [3.05, 3.63) is 18.0 Å². The van der Waals surface area contributed by atoms with E-state index in [-0.39, 0.29) is 12.1 Å². The zero-order valence-electron chi connectivity index (χ0n) is 7.93. The molecule has 1 aromatic rings. The smallest absolute Gasteiger partial charge is 0.102 e. The Bertz CT molecular complexity index is 352. The highest BCUT2D eigenvalue weighted by Crippen LogP contribution is 2.27. The van der Waals surface area contributed by atoms with Gasteiger partial charge >= 0.3 is 0 Å². The quantitative estimate of drug-likeness (QED) is 0.726. The number of hydrogen-bond acceptors (Lipinski definition) is 3. The summed E-state index contributed by atoms with van der Waals surface area (Å²) in [5.74, 6) is 0. The number of hydrogen-bond donors (Lipinski definition) is 1. The maximum atomic E-state index is 9.76. The average Bonchev–Trinajstić information content (AvgIpc) is 2.67. The van der Waals surface area contributed by atoms with Crippen LogP contribution < -0.4 is 0 Å². The van der Waals surface area contributed by atoms with Gasteiger partial charge in [-0.15, -0.1) is 0 Å². The minimum atomic E-state index is -0.310. The Morgan fingerprint density at radius 2 is 2.29 bits per heavy atom. The number of nitriles is 1. The molecule has 1 saturated carbocycles. The number of aromatic nitrogens is 2. The molecule has 1 fully saturated rings. The molecule has 2 unspecified atom stereocenters. The number of rotatable bonds is 1. The van der Waals surface area contributed by atoms with E-state index in [1.165, 1.54) is 0 Å². The summed E-state index contributed by atoms with van der Waals surface area (Å²) >= 11 is 0. The summed E-state index contributed by atoms with van der Waals surface area (Å²) < 4.78 is 1.72. The molecule has 0 amide bonds. The van der Waals surface area contributed by atoms with Crippen LogP contribution in [-0.2, 0) is 0 Å². The van der Waals surface area contributed by atoms with Crippen LogP contribution in [0.1, 0.15) is 37.3 Å². The van der Waals surface area contributed by atoms with Crippen LogP contribution in [0, 0.1) is 11.3 Å². The number of aliphatic hydroxyl groups is 1. The van der Waals surface area contributed by atoms with E-state index in [1.807, 2.05) is 6.07 Å². The van der Waals surface area contributed by atoms with Crippen molar-refractivity contribution in [2.45, 2.75) is 37.8 Å². The van der Waals surface area contributed by atoms with Gasteiger partial charge in [0, 0.05) is 6.20 Å². The van der Waals surface area contributed by atoms with Crippen LogP contribution >= 0.6 is 0 Å². The highest BCUT2D eigenvalue weighted by molar-refractivity contribution is 5.22. The molecule has 0 saturated heterocycles. The van der Waals surface area contributed by atoms with Crippen LogP contribution in [0.15, 0.2) is 12.4 Å². The van der Waals surface area contributed by atoms with Gasteiger partial charge in [-0.3, -0.25) is 4.68 Å². The molecule has 4 nitrogen and oxygen atoms in total. The standard InChI is InChI=1S/C10H13N3O/c11-5-8-6-12-13(7-8)9-3-1-2-4-10(9)14/h6-7,9-10,14H,1-4H2. The van der Waals surface area contributed by atoms with Crippen molar-refractivity contribution < 1.29 is 5.11 Å². The Kier molecular flexibility index (Phi) is 2.51. The Morgan fingerprint density at radius 1 is 1.50 bits per heavy atom. The summed E-state index contributed by atoms with van der Waals surface area (Å²) in [5.41, 5.74) is 0.558. The van der Waals surface area contributed by atoms with Gasteiger partial charge in [0.15, 0.2) is 0 Å². The van der Waals surface area contributed by atoms with E-state index < -0.39 is 0 Å². The van der Waals surface area contributed by atoms with Crippen LogP contribution in [0.3, 0.4) is 0 Å². The van der Waals surface area contributed by atoms with Gasteiger partial charge in [0.05, 0.1) is 23.9 Å². The van der Waals surface area contributed by atoms with Crippen LogP contribution in [0.5, 0.6) is 0 Å². The third-order valence-corrected chi connectivity index (χ3v) is 2.76. The second kappa shape index (κ2) is 3.81. The molecule has 0 aliphatic heterocycles. The molecule has 1 heterocycles. The lowest BCUT2D eigenvalue weighted by molar-refractivity contribution is 0.0694. The van der Waals surface area contributed by atoms with Gasteiger partial charge in [0.1, 0.15) is 6.07 Å². The lowest BCUT2D eigenvalue weighted by Gasteiger charge is -2.27. The van der Waals surface area contributed by atoms with Gasteiger partial charge in [-0.25, -0.2) is 0 Å². The molecule has 4 heteroatoms. The van der Waals surface area contributed by atoms with Crippen molar-refractivity contribution in [2.75, 3.05) is 0 Å². The molecule has 74 valence electrons. The maximum absolute atomic E-state index is 9.76. The fourth-order valence-electron chi connectivity index (χ4n) is 1.98. The Labute approximate surface area is 82.8 Å². The maximum Gasteiger partial charge on any atom is 0.102 e.